The van der Waals surface area contributed by atoms with E-state index in [1.54, 1.807) is 0 Å². The Kier molecular flexibility index (Phi) is 3.19. The van der Waals surface area contributed by atoms with E-state index >= 15 is 0 Å². The van der Waals surface area contributed by atoms with Gasteiger partial charge in [0.25, 0.3) is 0 Å². The van der Waals surface area contributed by atoms with E-state index in [1.807, 2.05) is 41.9 Å². The third-order valence-corrected chi connectivity index (χ3v) is 3.82. The molecule has 0 bridgehead atoms. The lowest BCUT2D eigenvalue weighted by Gasteiger charge is -1.99. The maximum absolute atomic E-state index is 10.5. The van der Waals surface area contributed by atoms with Crippen LogP contribution in [0.5, 0.6) is 0 Å². The standard InChI is InChI=1S/C13H12N4O2S/c1-17-9-5-3-2-4-8(9)6-10(17)12-14-13(16-15-12)20-7-11(18)19/h2-6H,7H2,1H3,(H,18,19)(H,14,15,16). The molecule has 0 fully saturated rings. The topological polar surface area (TPSA) is 83.8 Å². The molecule has 2 heterocycles. The number of thioether (sulfide) groups is 1. The van der Waals surface area contributed by atoms with Gasteiger partial charge in [-0.2, -0.15) is 4.98 Å². The Morgan fingerprint density at radius 2 is 2.25 bits per heavy atom. The fraction of sp³-hybridized carbons (Fsp3) is 0.154. The zero-order valence-electron chi connectivity index (χ0n) is 10.7. The second kappa shape index (κ2) is 5.01. The predicted molar refractivity (Wildman–Crippen MR) is 76.7 cm³/mol. The van der Waals surface area contributed by atoms with Crippen LogP contribution in [0.1, 0.15) is 0 Å². The van der Waals surface area contributed by atoms with E-state index in [2.05, 4.69) is 15.2 Å². The van der Waals surface area contributed by atoms with E-state index in [-0.39, 0.29) is 5.75 Å². The van der Waals surface area contributed by atoms with Gasteiger partial charge in [-0.3, -0.25) is 9.89 Å². The number of carboxylic acids is 1. The van der Waals surface area contributed by atoms with Crippen molar-refractivity contribution in [3.05, 3.63) is 30.3 Å². The van der Waals surface area contributed by atoms with Crippen molar-refractivity contribution in [2.75, 3.05) is 5.75 Å². The Morgan fingerprint density at radius 3 is 3.00 bits per heavy atom. The summed E-state index contributed by atoms with van der Waals surface area (Å²) < 4.78 is 2.03. The van der Waals surface area contributed by atoms with Gasteiger partial charge in [-0.15, -0.1) is 5.10 Å². The second-order valence-electron chi connectivity index (χ2n) is 4.30. The number of aromatic amines is 1. The first kappa shape index (κ1) is 12.7. The van der Waals surface area contributed by atoms with Crippen molar-refractivity contribution in [2.24, 2.45) is 7.05 Å². The number of hydrogen-bond acceptors (Lipinski definition) is 4. The number of aromatic nitrogens is 4. The molecule has 6 nitrogen and oxygen atoms in total. The molecule has 3 rings (SSSR count). The summed E-state index contributed by atoms with van der Waals surface area (Å²) in [6.07, 6.45) is 0. The highest BCUT2D eigenvalue weighted by molar-refractivity contribution is 7.99. The first-order valence-electron chi connectivity index (χ1n) is 5.97. The van der Waals surface area contributed by atoms with Crippen molar-refractivity contribution in [3.63, 3.8) is 0 Å². The minimum absolute atomic E-state index is 0.0492. The van der Waals surface area contributed by atoms with Crippen molar-refractivity contribution in [3.8, 4) is 11.5 Å². The quantitative estimate of drug-likeness (QED) is 0.719. The molecule has 0 atom stereocenters. The monoisotopic (exact) mass is 288 g/mol. The Balaban J connectivity index is 1.95. The lowest BCUT2D eigenvalue weighted by Crippen LogP contribution is -1.97. The maximum Gasteiger partial charge on any atom is 0.313 e. The molecule has 0 aliphatic heterocycles. The maximum atomic E-state index is 10.5. The Bertz CT molecular complexity index is 778. The molecule has 0 amide bonds. The summed E-state index contributed by atoms with van der Waals surface area (Å²) in [6, 6.07) is 10.1. The number of fused-ring (bicyclic) bond motifs is 1. The van der Waals surface area contributed by atoms with Crippen molar-refractivity contribution in [1.82, 2.24) is 19.7 Å². The molecule has 0 spiro atoms. The summed E-state index contributed by atoms with van der Waals surface area (Å²) >= 11 is 1.09. The van der Waals surface area contributed by atoms with Crippen LogP contribution in [0.15, 0.2) is 35.5 Å². The van der Waals surface area contributed by atoms with Crippen LogP contribution in [0, 0.1) is 0 Å². The van der Waals surface area contributed by atoms with E-state index in [4.69, 9.17) is 5.11 Å². The number of nitrogens with one attached hydrogen (secondary N) is 1. The smallest absolute Gasteiger partial charge is 0.313 e. The number of rotatable bonds is 4. The van der Waals surface area contributed by atoms with E-state index in [0.29, 0.717) is 11.0 Å². The summed E-state index contributed by atoms with van der Waals surface area (Å²) in [5.41, 5.74) is 2.03. The van der Waals surface area contributed by atoms with Crippen molar-refractivity contribution >= 4 is 28.6 Å². The lowest BCUT2D eigenvalue weighted by molar-refractivity contribution is -0.133. The van der Waals surface area contributed by atoms with Crippen molar-refractivity contribution < 1.29 is 9.90 Å². The Hall–Kier alpha value is -2.28. The highest BCUT2D eigenvalue weighted by atomic mass is 32.2. The van der Waals surface area contributed by atoms with Crippen LogP contribution < -0.4 is 0 Å². The highest BCUT2D eigenvalue weighted by Gasteiger charge is 2.12. The van der Waals surface area contributed by atoms with Crippen LogP contribution in [-0.2, 0) is 11.8 Å². The molecule has 0 unspecified atom stereocenters. The van der Waals surface area contributed by atoms with Gasteiger partial charge in [0, 0.05) is 18.0 Å². The molecule has 2 N–H and O–H groups in total. The van der Waals surface area contributed by atoms with Gasteiger partial charge in [0.15, 0.2) is 5.82 Å². The summed E-state index contributed by atoms with van der Waals surface area (Å²) in [4.78, 5) is 14.9. The normalized spacial score (nSPS) is 11.1. The third kappa shape index (κ3) is 2.27. The predicted octanol–water partition coefficient (Wildman–Crippen LogP) is 2.14. The Morgan fingerprint density at radius 1 is 1.45 bits per heavy atom. The molecule has 0 radical (unpaired) electrons. The first-order valence-corrected chi connectivity index (χ1v) is 6.95. The summed E-state index contributed by atoms with van der Waals surface area (Å²) in [5.74, 6) is -0.297. The largest absolute Gasteiger partial charge is 0.481 e. The fourth-order valence-electron chi connectivity index (χ4n) is 2.07. The van der Waals surface area contributed by atoms with Gasteiger partial charge in [0.05, 0.1) is 11.4 Å². The SMILES string of the molecule is Cn1c(-c2nc(SCC(=O)O)n[nH]2)cc2ccccc21. The van der Waals surface area contributed by atoms with Crippen LogP contribution in [0.2, 0.25) is 0 Å². The van der Waals surface area contributed by atoms with Crippen LogP contribution in [0.4, 0.5) is 0 Å². The molecule has 0 aliphatic rings. The molecule has 3 aromatic rings. The number of hydrogen-bond donors (Lipinski definition) is 2. The van der Waals surface area contributed by atoms with Gasteiger partial charge in [0.1, 0.15) is 0 Å². The minimum atomic E-state index is -0.883. The van der Waals surface area contributed by atoms with E-state index in [9.17, 15) is 4.79 Å². The van der Waals surface area contributed by atoms with E-state index in [0.717, 1.165) is 28.4 Å². The first-order chi connectivity index (χ1) is 9.65. The highest BCUT2D eigenvalue weighted by Crippen LogP contribution is 2.25. The lowest BCUT2D eigenvalue weighted by atomic mass is 10.2. The van der Waals surface area contributed by atoms with Crippen LogP contribution in [0.25, 0.3) is 22.4 Å². The summed E-state index contributed by atoms with van der Waals surface area (Å²) in [7, 11) is 1.96. The molecule has 0 saturated heterocycles. The van der Waals surface area contributed by atoms with Crippen molar-refractivity contribution in [2.45, 2.75) is 5.16 Å². The summed E-state index contributed by atoms with van der Waals surface area (Å²) in [5, 5.41) is 17.1. The number of carboxylic acid groups (broad SMARTS) is 1. The zero-order chi connectivity index (χ0) is 14.1. The van der Waals surface area contributed by atoms with Gasteiger partial charge in [-0.25, -0.2) is 0 Å². The molecule has 102 valence electrons. The van der Waals surface area contributed by atoms with Gasteiger partial charge < -0.3 is 9.67 Å². The number of carbonyl (C=O) groups is 1. The number of para-hydroxylation sites is 1. The molecule has 1 aromatic carbocycles. The van der Waals surface area contributed by atoms with Gasteiger partial charge in [0.2, 0.25) is 5.16 Å². The fourth-order valence-corrected chi connectivity index (χ4v) is 2.59. The molecule has 7 heteroatoms. The molecule has 0 aliphatic carbocycles. The minimum Gasteiger partial charge on any atom is -0.481 e. The van der Waals surface area contributed by atoms with Crippen LogP contribution in [0.3, 0.4) is 0 Å². The molecule has 20 heavy (non-hydrogen) atoms. The second-order valence-corrected chi connectivity index (χ2v) is 5.24. The molecule has 0 saturated carbocycles. The Labute approximate surface area is 118 Å². The average molecular weight is 288 g/mol. The van der Waals surface area contributed by atoms with Gasteiger partial charge in [-0.05, 0) is 12.1 Å². The van der Waals surface area contributed by atoms with Gasteiger partial charge in [-0.1, -0.05) is 30.0 Å². The molecule has 2 aromatic heterocycles. The van der Waals surface area contributed by atoms with Gasteiger partial charge >= 0.3 is 5.97 Å². The average Bonchev–Trinajstić information content (AvgIpc) is 3.02. The van der Waals surface area contributed by atoms with Crippen LogP contribution >= 0.6 is 11.8 Å². The number of benzene rings is 1. The van der Waals surface area contributed by atoms with Crippen LogP contribution in [-0.4, -0.2) is 36.6 Å². The van der Waals surface area contributed by atoms with E-state index < -0.39 is 5.97 Å². The molecular formula is C13H12N4O2S. The zero-order valence-corrected chi connectivity index (χ0v) is 11.5. The van der Waals surface area contributed by atoms with Crippen molar-refractivity contribution in [1.29, 1.82) is 0 Å². The number of nitrogens with zero attached hydrogens (tertiary/aromatic N) is 3. The number of aliphatic carboxylic acids is 1. The number of aryl methyl sites for hydroxylation is 1. The third-order valence-electron chi connectivity index (χ3n) is 2.98. The van der Waals surface area contributed by atoms with E-state index in [1.165, 1.54) is 0 Å². The summed E-state index contributed by atoms with van der Waals surface area (Å²) in [6.45, 7) is 0. The number of H-pyrrole nitrogens is 1. The molecular weight excluding hydrogens is 276 g/mol.